The first-order valence-corrected chi connectivity index (χ1v) is 7.68. The molecule has 1 amide bonds. The Hall–Kier alpha value is -0.220. The lowest BCUT2D eigenvalue weighted by molar-refractivity contribution is -0.123. The van der Waals surface area contributed by atoms with Gasteiger partial charge in [0.25, 0.3) is 0 Å². The van der Waals surface area contributed by atoms with Gasteiger partial charge in [-0.05, 0) is 17.6 Å². The number of hydrogen-bond acceptors (Lipinski definition) is 3. The predicted octanol–water partition coefficient (Wildman–Crippen LogP) is 1.88. The molecular formula is C13H26N2OS. The van der Waals surface area contributed by atoms with Crippen LogP contribution in [0.4, 0.5) is 0 Å². The highest BCUT2D eigenvalue weighted by molar-refractivity contribution is 7.99. The summed E-state index contributed by atoms with van der Waals surface area (Å²) in [5.41, 5.74) is 0.382. The van der Waals surface area contributed by atoms with Crippen LogP contribution in [-0.4, -0.2) is 36.5 Å². The van der Waals surface area contributed by atoms with E-state index >= 15 is 0 Å². The Balaban J connectivity index is 2.19. The van der Waals surface area contributed by atoms with Gasteiger partial charge in [0.1, 0.15) is 0 Å². The molecule has 0 aromatic rings. The summed E-state index contributed by atoms with van der Waals surface area (Å²) in [6, 6.07) is 0.567. The Labute approximate surface area is 109 Å². The van der Waals surface area contributed by atoms with Crippen molar-refractivity contribution in [2.24, 2.45) is 11.3 Å². The Bertz CT molecular complexity index is 254. The quantitative estimate of drug-likeness (QED) is 0.740. The van der Waals surface area contributed by atoms with Crippen LogP contribution in [0.25, 0.3) is 0 Å². The summed E-state index contributed by atoms with van der Waals surface area (Å²) in [4.78, 5) is 11.4. The third-order valence-corrected chi connectivity index (χ3v) is 4.52. The third kappa shape index (κ3) is 4.88. The van der Waals surface area contributed by atoms with Gasteiger partial charge in [0, 0.05) is 30.8 Å². The van der Waals surface area contributed by atoms with Crippen LogP contribution in [0.1, 0.15) is 34.1 Å². The van der Waals surface area contributed by atoms with E-state index in [0.29, 0.717) is 11.5 Å². The van der Waals surface area contributed by atoms with Crippen LogP contribution >= 0.6 is 11.8 Å². The van der Waals surface area contributed by atoms with Gasteiger partial charge in [-0.15, -0.1) is 0 Å². The van der Waals surface area contributed by atoms with Crippen molar-refractivity contribution in [3.63, 3.8) is 0 Å². The zero-order valence-electron chi connectivity index (χ0n) is 11.5. The maximum absolute atomic E-state index is 11.4. The predicted molar refractivity (Wildman–Crippen MR) is 75.4 cm³/mol. The van der Waals surface area contributed by atoms with Crippen molar-refractivity contribution in [2.45, 2.75) is 40.2 Å². The lowest BCUT2D eigenvalue weighted by Gasteiger charge is -2.39. The lowest BCUT2D eigenvalue weighted by atomic mass is 9.82. The van der Waals surface area contributed by atoms with Gasteiger partial charge >= 0.3 is 0 Å². The Morgan fingerprint density at radius 1 is 1.41 bits per heavy atom. The van der Waals surface area contributed by atoms with E-state index < -0.39 is 0 Å². The molecule has 1 atom stereocenters. The van der Waals surface area contributed by atoms with Gasteiger partial charge in [0.15, 0.2) is 0 Å². The summed E-state index contributed by atoms with van der Waals surface area (Å²) in [7, 11) is 0. The van der Waals surface area contributed by atoms with Crippen molar-refractivity contribution >= 4 is 17.7 Å². The third-order valence-electron chi connectivity index (χ3n) is 3.46. The zero-order valence-corrected chi connectivity index (χ0v) is 12.3. The van der Waals surface area contributed by atoms with E-state index in [0.717, 1.165) is 13.1 Å². The van der Waals surface area contributed by atoms with E-state index in [-0.39, 0.29) is 11.8 Å². The molecule has 4 heteroatoms. The first-order chi connectivity index (χ1) is 7.93. The van der Waals surface area contributed by atoms with Crippen molar-refractivity contribution < 1.29 is 4.79 Å². The highest BCUT2D eigenvalue weighted by atomic mass is 32.2. The van der Waals surface area contributed by atoms with E-state index in [9.17, 15) is 4.79 Å². The van der Waals surface area contributed by atoms with Crippen molar-refractivity contribution in [2.75, 3.05) is 24.6 Å². The Morgan fingerprint density at radius 3 is 2.71 bits per heavy atom. The smallest absolute Gasteiger partial charge is 0.222 e. The minimum absolute atomic E-state index is 0.0803. The number of carbonyl (C=O) groups excluding carboxylic acids is 1. The van der Waals surface area contributed by atoms with Crippen LogP contribution in [0.3, 0.4) is 0 Å². The van der Waals surface area contributed by atoms with Gasteiger partial charge in [-0.25, -0.2) is 0 Å². The van der Waals surface area contributed by atoms with E-state index in [4.69, 9.17) is 0 Å². The van der Waals surface area contributed by atoms with Gasteiger partial charge in [-0.2, -0.15) is 11.8 Å². The first kappa shape index (κ1) is 14.8. The van der Waals surface area contributed by atoms with E-state index in [1.54, 1.807) is 0 Å². The molecule has 1 aliphatic rings. The average Bonchev–Trinajstić information content (AvgIpc) is 2.25. The maximum atomic E-state index is 11.4. The van der Waals surface area contributed by atoms with Crippen molar-refractivity contribution in [1.29, 1.82) is 0 Å². The minimum Gasteiger partial charge on any atom is -0.355 e. The second kappa shape index (κ2) is 6.64. The summed E-state index contributed by atoms with van der Waals surface area (Å²) in [6.45, 7) is 10.1. The molecule has 0 radical (unpaired) electrons. The number of thioether (sulfide) groups is 1. The van der Waals surface area contributed by atoms with Gasteiger partial charge in [-0.3, -0.25) is 4.79 Å². The number of amides is 1. The molecule has 0 bridgehead atoms. The molecular weight excluding hydrogens is 232 g/mol. The van der Waals surface area contributed by atoms with Crippen LogP contribution in [0.15, 0.2) is 0 Å². The van der Waals surface area contributed by atoms with Crippen molar-refractivity contribution in [3.05, 3.63) is 0 Å². The Morgan fingerprint density at radius 2 is 2.12 bits per heavy atom. The summed E-state index contributed by atoms with van der Waals surface area (Å²) < 4.78 is 0. The highest BCUT2D eigenvalue weighted by Gasteiger charge is 2.31. The average molecular weight is 258 g/mol. The summed E-state index contributed by atoms with van der Waals surface area (Å²) in [5.74, 6) is 2.68. The lowest BCUT2D eigenvalue weighted by Crippen LogP contribution is -2.48. The van der Waals surface area contributed by atoms with Crippen LogP contribution in [0.5, 0.6) is 0 Å². The maximum Gasteiger partial charge on any atom is 0.222 e. The first-order valence-electron chi connectivity index (χ1n) is 6.52. The monoisotopic (exact) mass is 258 g/mol. The Kier molecular flexibility index (Phi) is 5.80. The molecule has 100 valence electrons. The summed E-state index contributed by atoms with van der Waals surface area (Å²) >= 11 is 2.02. The van der Waals surface area contributed by atoms with Gasteiger partial charge in [0.05, 0.1) is 0 Å². The molecule has 1 aliphatic heterocycles. The fourth-order valence-corrected chi connectivity index (χ4v) is 3.55. The van der Waals surface area contributed by atoms with Crippen LogP contribution in [0, 0.1) is 11.3 Å². The molecule has 0 aromatic carbocycles. The molecule has 1 saturated heterocycles. The molecule has 17 heavy (non-hydrogen) atoms. The van der Waals surface area contributed by atoms with Gasteiger partial charge in [-0.1, -0.05) is 27.7 Å². The second-order valence-corrected chi connectivity index (χ2v) is 6.92. The van der Waals surface area contributed by atoms with E-state index in [1.807, 2.05) is 25.6 Å². The zero-order chi connectivity index (χ0) is 12.9. The molecule has 1 fully saturated rings. The summed E-state index contributed by atoms with van der Waals surface area (Å²) in [5, 5.41) is 6.51. The molecule has 0 aromatic heterocycles. The minimum atomic E-state index is 0.0803. The fraction of sp³-hybridized carbons (Fsp3) is 0.923. The molecule has 1 heterocycles. The molecule has 2 N–H and O–H groups in total. The standard InChI is InChI=1S/C13H26N2OS/c1-10(2)12(16)15-7-6-14-11-9-17-8-5-13(11,3)4/h10-11,14H,5-9H2,1-4H3,(H,15,16). The second-order valence-electron chi connectivity index (χ2n) is 5.77. The van der Waals surface area contributed by atoms with Crippen LogP contribution in [-0.2, 0) is 4.79 Å². The topological polar surface area (TPSA) is 41.1 Å². The molecule has 1 rings (SSSR count). The van der Waals surface area contributed by atoms with Gasteiger partial charge < -0.3 is 10.6 Å². The number of carbonyl (C=O) groups is 1. The fourth-order valence-electron chi connectivity index (χ4n) is 1.91. The molecule has 0 spiro atoms. The SMILES string of the molecule is CC(C)C(=O)NCCNC1CSCCC1(C)C. The highest BCUT2D eigenvalue weighted by Crippen LogP contribution is 2.33. The van der Waals surface area contributed by atoms with Crippen molar-refractivity contribution in [1.82, 2.24) is 10.6 Å². The number of nitrogens with one attached hydrogen (secondary N) is 2. The molecule has 0 saturated carbocycles. The molecule has 3 nitrogen and oxygen atoms in total. The largest absolute Gasteiger partial charge is 0.355 e. The van der Waals surface area contributed by atoms with E-state index in [1.165, 1.54) is 17.9 Å². The normalized spacial score (nSPS) is 23.7. The van der Waals surface area contributed by atoms with Crippen LogP contribution in [0.2, 0.25) is 0 Å². The number of rotatable bonds is 5. The summed E-state index contributed by atoms with van der Waals surface area (Å²) in [6.07, 6.45) is 1.27. The molecule has 1 unspecified atom stereocenters. The number of hydrogen-bond donors (Lipinski definition) is 2. The van der Waals surface area contributed by atoms with Crippen LogP contribution < -0.4 is 10.6 Å². The molecule has 0 aliphatic carbocycles. The van der Waals surface area contributed by atoms with E-state index in [2.05, 4.69) is 24.5 Å². The van der Waals surface area contributed by atoms with Gasteiger partial charge in [0.2, 0.25) is 5.91 Å². The van der Waals surface area contributed by atoms with Crippen molar-refractivity contribution in [3.8, 4) is 0 Å².